The van der Waals surface area contributed by atoms with Gasteiger partial charge in [0.1, 0.15) is 0 Å². The van der Waals surface area contributed by atoms with Crippen LogP contribution in [-0.4, -0.2) is 0 Å². The van der Waals surface area contributed by atoms with Crippen molar-refractivity contribution in [3.8, 4) is 44.5 Å². The average molecular weight is 839 g/mol. The molecule has 0 atom stereocenters. The van der Waals surface area contributed by atoms with Crippen LogP contribution in [0, 0.1) is 0 Å². The van der Waals surface area contributed by atoms with Crippen LogP contribution in [0.2, 0.25) is 0 Å². The molecular weight excluding hydrogens is 801 g/mol. The first-order valence-electron chi connectivity index (χ1n) is 22.5. The Labute approximate surface area is 379 Å². The van der Waals surface area contributed by atoms with Crippen molar-refractivity contribution in [2.45, 2.75) is 0 Å². The lowest BCUT2D eigenvalue weighted by atomic mass is 9.83. The van der Waals surface area contributed by atoms with E-state index < -0.39 is 0 Å². The monoisotopic (exact) mass is 838 g/mol. The zero-order valence-electron chi connectivity index (χ0n) is 35.3. The Balaban J connectivity index is 1.02. The second-order valence-corrected chi connectivity index (χ2v) is 18.4. The molecule has 0 saturated carbocycles. The van der Waals surface area contributed by atoms with Gasteiger partial charge in [0.25, 0.3) is 0 Å². The smallest absolute Gasteiger partial charge is 0.0440 e. The lowest BCUT2D eigenvalue weighted by Gasteiger charge is -2.20. The van der Waals surface area contributed by atoms with Crippen LogP contribution in [0.4, 0.5) is 0 Å². The highest BCUT2D eigenvalue weighted by Crippen LogP contribution is 2.51. The van der Waals surface area contributed by atoms with E-state index in [1.54, 1.807) is 0 Å². The third-order valence-corrected chi connectivity index (χ3v) is 15.3. The predicted octanol–water partition coefficient (Wildman–Crippen LogP) is 18.8. The molecule has 0 aliphatic heterocycles. The van der Waals surface area contributed by atoms with Crippen molar-refractivity contribution in [3.05, 3.63) is 231 Å². The van der Waals surface area contributed by atoms with E-state index in [0.717, 1.165) is 0 Å². The Bertz CT molecular complexity index is 4240. The maximum absolute atomic E-state index is 2.45. The van der Waals surface area contributed by atoms with Gasteiger partial charge in [0.15, 0.2) is 0 Å². The summed E-state index contributed by atoms with van der Waals surface area (Å²) in [5, 5.41) is 20.6. The van der Waals surface area contributed by atoms with Gasteiger partial charge in [-0.05, 0) is 121 Å². The Morgan fingerprint density at radius 3 is 1.37 bits per heavy atom. The topological polar surface area (TPSA) is 0 Å². The quantitative estimate of drug-likeness (QED) is 0.122. The molecule has 0 unspecified atom stereocenters. The summed E-state index contributed by atoms with van der Waals surface area (Å²) in [7, 11) is 0. The second-order valence-electron chi connectivity index (χ2n) is 17.4. The molecule has 0 saturated heterocycles. The molecule has 14 aromatic rings. The van der Waals surface area contributed by atoms with Crippen molar-refractivity contribution in [2.24, 2.45) is 0 Å². The summed E-state index contributed by atoms with van der Waals surface area (Å²) < 4.78 is 2.69. The van der Waals surface area contributed by atoms with Gasteiger partial charge in [-0.2, -0.15) is 0 Å². The zero-order chi connectivity index (χ0) is 42.6. The molecule has 65 heavy (non-hydrogen) atoms. The highest BCUT2D eigenvalue weighted by molar-refractivity contribution is 7.27. The second kappa shape index (κ2) is 14.2. The molecule has 1 heteroatoms. The van der Waals surface area contributed by atoms with Crippen LogP contribution in [0.15, 0.2) is 231 Å². The highest BCUT2D eigenvalue weighted by atomic mass is 32.1. The molecule has 0 amide bonds. The standard InChI is InChI=1S/C64H38S/c1-3-22-43-39(17-1)19-16-34-45(43)50-35-36-56(47-25-6-5-24-46(47)50)60-54-31-12-10-29-52(54)59(53-30-11-13-32-55(53)60)42-21-15-20-40(37-42)58-38-41-18-2-4-23-44(41)61-62-51-28-9-7-26-48(51)49-27-8-14-33-57(49)63(62)65-64(58)61/h1-38H. The SMILES string of the molecule is c1cc(-c2c3ccccc3c(-c3ccc(-c4cccc5ccccc45)c4ccccc34)c3ccccc23)cc(-c2cc3ccccc3c3c2sc2c4ccccc4c4ccccc4c23)c1. The van der Waals surface area contributed by atoms with Gasteiger partial charge in [0.2, 0.25) is 0 Å². The summed E-state index contributed by atoms with van der Waals surface area (Å²) in [6.45, 7) is 0. The number of thiophene rings is 1. The van der Waals surface area contributed by atoms with Crippen LogP contribution >= 0.6 is 11.3 Å². The third kappa shape index (κ3) is 5.37. The van der Waals surface area contributed by atoms with Crippen LogP contribution in [0.1, 0.15) is 0 Å². The molecular formula is C64H38S. The summed E-state index contributed by atoms with van der Waals surface area (Å²) in [4.78, 5) is 0. The molecule has 1 aromatic heterocycles. The first-order chi connectivity index (χ1) is 32.3. The number of fused-ring (bicyclic) bond motifs is 14. The fourth-order valence-corrected chi connectivity index (χ4v) is 12.7. The molecule has 0 aliphatic carbocycles. The van der Waals surface area contributed by atoms with E-state index in [4.69, 9.17) is 0 Å². The minimum absolute atomic E-state index is 1.22. The molecule has 0 bridgehead atoms. The van der Waals surface area contributed by atoms with E-state index in [0.29, 0.717) is 0 Å². The minimum Gasteiger partial charge on any atom is -0.134 e. The minimum atomic E-state index is 1.22. The van der Waals surface area contributed by atoms with Crippen molar-refractivity contribution in [1.29, 1.82) is 0 Å². The van der Waals surface area contributed by atoms with Gasteiger partial charge in [0, 0.05) is 31.1 Å². The van der Waals surface area contributed by atoms with Crippen LogP contribution in [0.3, 0.4) is 0 Å². The lowest BCUT2D eigenvalue weighted by molar-refractivity contribution is 1.65. The fraction of sp³-hybridized carbons (Fsp3) is 0. The van der Waals surface area contributed by atoms with Gasteiger partial charge in [0.05, 0.1) is 0 Å². The number of hydrogen-bond acceptors (Lipinski definition) is 1. The summed E-state index contributed by atoms with van der Waals surface area (Å²) in [6.07, 6.45) is 0. The first kappa shape index (κ1) is 36.4. The van der Waals surface area contributed by atoms with E-state index in [2.05, 4.69) is 231 Å². The van der Waals surface area contributed by atoms with E-state index in [1.165, 1.54) is 140 Å². The first-order valence-corrected chi connectivity index (χ1v) is 23.3. The summed E-state index contributed by atoms with van der Waals surface area (Å²) in [5.41, 5.74) is 10.0. The molecule has 0 radical (unpaired) electrons. The number of rotatable bonds is 4. The van der Waals surface area contributed by atoms with Gasteiger partial charge in [-0.1, -0.05) is 218 Å². The third-order valence-electron chi connectivity index (χ3n) is 14.0. The molecule has 1 heterocycles. The van der Waals surface area contributed by atoms with Crippen molar-refractivity contribution in [3.63, 3.8) is 0 Å². The van der Waals surface area contributed by atoms with Crippen molar-refractivity contribution in [2.75, 3.05) is 0 Å². The Hall–Kier alpha value is -8.10. The molecule has 0 fully saturated rings. The maximum Gasteiger partial charge on any atom is 0.0440 e. The Morgan fingerprint density at radius 2 is 0.662 bits per heavy atom. The molecule has 13 aromatic carbocycles. The van der Waals surface area contributed by atoms with Gasteiger partial charge in [-0.15, -0.1) is 11.3 Å². The molecule has 0 N–H and O–H groups in total. The maximum atomic E-state index is 2.45. The summed E-state index contributed by atoms with van der Waals surface area (Å²) in [6, 6.07) is 85.9. The number of hydrogen-bond donors (Lipinski definition) is 0. The highest BCUT2D eigenvalue weighted by Gasteiger charge is 2.22. The van der Waals surface area contributed by atoms with Crippen molar-refractivity contribution < 1.29 is 0 Å². The van der Waals surface area contributed by atoms with Gasteiger partial charge >= 0.3 is 0 Å². The van der Waals surface area contributed by atoms with E-state index in [-0.39, 0.29) is 0 Å². The molecule has 0 spiro atoms. The molecule has 0 aliphatic rings. The normalized spacial score (nSPS) is 12.0. The van der Waals surface area contributed by atoms with E-state index >= 15 is 0 Å². The van der Waals surface area contributed by atoms with Crippen LogP contribution in [0.25, 0.3) is 140 Å². The van der Waals surface area contributed by atoms with E-state index in [1.807, 2.05) is 11.3 Å². The average Bonchev–Trinajstić information content (AvgIpc) is 3.79. The van der Waals surface area contributed by atoms with Crippen LogP contribution < -0.4 is 0 Å². The van der Waals surface area contributed by atoms with Crippen LogP contribution in [0.5, 0.6) is 0 Å². The van der Waals surface area contributed by atoms with Gasteiger partial charge in [-0.3, -0.25) is 0 Å². The van der Waals surface area contributed by atoms with Crippen molar-refractivity contribution in [1.82, 2.24) is 0 Å². The van der Waals surface area contributed by atoms with Crippen molar-refractivity contribution >= 4 is 107 Å². The molecule has 300 valence electrons. The zero-order valence-corrected chi connectivity index (χ0v) is 36.2. The lowest BCUT2D eigenvalue weighted by Crippen LogP contribution is -1.93. The Kier molecular flexibility index (Phi) is 7.95. The van der Waals surface area contributed by atoms with Gasteiger partial charge < -0.3 is 0 Å². The predicted molar refractivity (Wildman–Crippen MR) is 284 cm³/mol. The fourth-order valence-electron chi connectivity index (χ4n) is 11.2. The summed E-state index contributed by atoms with van der Waals surface area (Å²) in [5.74, 6) is 0. The largest absolute Gasteiger partial charge is 0.134 e. The van der Waals surface area contributed by atoms with Crippen LogP contribution in [-0.2, 0) is 0 Å². The van der Waals surface area contributed by atoms with Gasteiger partial charge in [-0.25, -0.2) is 0 Å². The molecule has 0 nitrogen and oxygen atoms in total. The molecule has 14 rings (SSSR count). The van der Waals surface area contributed by atoms with E-state index in [9.17, 15) is 0 Å². The Morgan fingerprint density at radius 1 is 0.215 bits per heavy atom. The number of benzene rings is 13. The summed E-state index contributed by atoms with van der Waals surface area (Å²) >= 11 is 1.95.